The Morgan fingerprint density at radius 2 is 2.38 bits per heavy atom. The van der Waals surface area contributed by atoms with Gasteiger partial charge < -0.3 is 19.0 Å². The average molecular weight is 331 g/mol. The minimum absolute atomic E-state index is 0.0500. The first kappa shape index (κ1) is 15.4. The van der Waals surface area contributed by atoms with Crippen molar-refractivity contribution in [1.29, 1.82) is 0 Å². The Labute approximate surface area is 139 Å². The van der Waals surface area contributed by atoms with E-state index in [4.69, 9.17) is 13.7 Å². The molecule has 2 aliphatic rings. The Bertz CT molecular complexity index is 655. The second-order valence-corrected chi connectivity index (χ2v) is 6.54. The molecular weight excluding hydrogens is 310 g/mol. The molecule has 2 aliphatic heterocycles. The first-order valence-corrected chi connectivity index (χ1v) is 8.33. The molecule has 2 fully saturated rings. The molecule has 0 aromatic carbocycles. The number of ether oxygens (including phenoxy) is 1. The molecular formula is C17H21N3O4. The first-order valence-electron chi connectivity index (χ1n) is 8.33. The van der Waals surface area contributed by atoms with Crippen molar-refractivity contribution in [3.8, 4) is 0 Å². The van der Waals surface area contributed by atoms with Gasteiger partial charge in [0.05, 0.1) is 31.4 Å². The van der Waals surface area contributed by atoms with Gasteiger partial charge in [0.1, 0.15) is 0 Å². The molecule has 0 bridgehead atoms. The maximum Gasteiger partial charge on any atom is 0.289 e. The van der Waals surface area contributed by atoms with Crippen LogP contribution in [0.25, 0.3) is 0 Å². The van der Waals surface area contributed by atoms with Crippen molar-refractivity contribution in [2.24, 2.45) is 11.8 Å². The monoisotopic (exact) mass is 331 g/mol. The van der Waals surface area contributed by atoms with Crippen LogP contribution in [0.2, 0.25) is 0 Å². The van der Waals surface area contributed by atoms with Gasteiger partial charge in [-0.3, -0.25) is 9.69 Å². The number of aromatic nitrogens is 1. The van der Waals surface area contributed by atoms with Crippen molar-refractivity contribution in [3.05, 3.63) is 42.2 Å². The minimum Gasteiger partial charge on any atom is -0.472 e. The number of hydrogen-bond donors (Lipinski definition) is 1. The van der Waals surface area contributed by atoms with Crippen LogP contribution in [-0.2, 0) is 11.3 Å². The number of carbonyl (C=O) groups excluding carboxylic acids is 1. The summed E-state index contributed by atoms with van der Waals surface area (Å²) >= 11 is 0. The van der Waals surface area contributed by atoms with E-state index in [1.807, 2.05) is 6.07 Å². The van der Waals surface area contributed by atoms with E-state index in [0.717, 1.165) is 32.7 Å². The lowest BCUT2D eigenvalue weighted by Gasteiger charge is -2.35. The van der Waals surface area contributed by atoms with Gasteiger partial charge in [-0.15, -0.1) is 0 Å². The van der Waals surface area contributed by atoms with Crippen molar-refractivity contribution >= 4 is 5.91 Å². The van der Waals surface area contributed by atoms with Crippen LogP contribution in [0.15, 0.2) is 39.8 Å². The van der Waals surface area contributed by atoms with Crippen molar-refractivity contribution in [3.63, 3.8) is 0 Å². The van der Waals surface area contributed by atoms with Crippen LogP contribution in [0.3, 0.4) is 0 Å². The van der Waals surface area contributed by atoms with E-state index < -0.39 is 0 Å². The SMILES string of the molecule is O=C(NC[C@@H]1OC[C@H]2CCN(Cc3ccoc3)C[C@H]21)c1ccno1. The lowest BCUT2D eigenvalue weighted by atomic mass is 9.84. The van der Waals surface area contributed by atoms with Crippen LogP contribution < -0.4 is 5.32 Å². The van der Waals surface area contributed by atoms with E-state index >= 15 is 0 Å². The highest BCUT2D eigenvalue weighted by atomic mass is 16.5. The molecule has 7 heteroatoms. The number of hydrogen-bond acceptors (Lipinski definition) is 6. The molecule has 1 N–H and O–H groups in total. The predicted molar refractivity (Wildman–Crippen MR) is 84.2 cm³/mol. The van der Waals surface area contributed by atoms with Gasteiger partial charge in [-0.05, 0) is 24.9 Å². The minimum atomic E-state index is -0.245. The smallest absolute Gasteiger partial charge is 0.289 e. The van der Waals surface area contributed by atoms with Gasteiger partial charge in [0.2, 0.25) is 5.76 Å². The summed E-state index contributed by atoms with van der Waals surface area (Å²) in [5.74, 6) is 1.01. The second kappa shape index (κ2) is 6.78. The van der Waals surface area contributed by atoms with Gasteiger partial charge in [-0.25, -0.2) is 0 Å². The van der Waals surface area contributed by atoms with Crippen molar-refractivity contribution in [2.75, 3.05) is 26.2 Å². The van der Waals surface area contributed by atoms with Gasteiger partial charge in [0.15, 0.2) is 0 Å². The summed E-state index contributed by atoms with van der Waals surface area (Å²) < 4.78 is 16.0. The summed E-state index contributed by atoms with van der Waals surface area (Å²) in [6, 6.07) is 3.56. The largest absolute Gasteiger partial charge is 0.472 e. The summed E-state index contributed by atoms with van der Waals surface area (Å²) in [5, 5.41) is 6.44. The van der Waals surface area contributed by atoms with Gasteiger partial charge in [0.25, 0.3) is 5.91 Å². The quantitative estimate of drug-likeness (QED) is 0.895. The molecule has 0 radical (unpaired) electrons. The molecule has 4 rings (SSSR count). The topological polar surface area (TPSA) is 80.7 Å². The third kappa shape index (κ3) is 3.22. The summed E-state index contributed by atoms with van der Waals surface area (Å²) in [6.45, 7) is 4.25. The van der Waals surface area contributed by atoms with Crippen LogP contribution in [-0.4, -0.2) is 48.3 Å². The molecule has 128 valence electrons. The Morgan fingerprint density at radius 1 is 1.42 bits per heavy atom. The van der Waals surface area contributed by atoms with Gasteiger partial charge in [-0.1, -0.05) is 5.16 Å². The molecule has 0 saturated carbocycles. The van der Waals surface area contributed by atoms with Crippen LogP contribution in [0, 0.1) is 11.8 Å². The molecule has 0 spiro atoms. The number of furan rings is 1. The van der Waals surface area contributed by atoms with Gasteiger partial charge in [-0.2, -0.15) is 0 Å². The van der Waals surface area contributed by atoms with Crippen LogP contribution >= 0.6 is 0 Å². The average Bonchev–Trinajstić information content (AvgIpc) is 3.34. The maximum atomic E-state index is 12.0. The van der Waals surface area contributed by atoms with E-state index in [0.29, 0.717) is 18.4 Å². The molecule has 2 aromatic rings. The Kier molecular flexibility index (Phi) is 4.36. The summed E-state index contributed by atoms with van der Waals surface area (Å²) in [6.07, 6.45) is 6.16. The van der Waals surface area contributed by atoms with Crippen LogP contribution in [0.1, 0.15) is 22.5 Å². The molecule has 0 aliphatic carbocycles. The summed E-state index contributed by atoms with van der Waals surface area (Å²) in [5.41, 5.74) is 1.20. The van der Waals surface area contributed by atoms with Gasteiger partial charge in [0, 0.05) is 37.2 Å². The fraction of sp³-hybridized carbons (Fsp3) is 0.529. The normalized spacial score (nSPS) is 27.1. The summed E-state index contributed by atoms with van der Waals surface area (Å²) in [7, 11) is 0. The van der Waals surface area contributed by atoms with Crippen LogP contribution in [0.4, 0.5) is 0 Å². The Morgan fingerprint density at radius 3 is 3.17 bits per heavy atom. The Balaban J connectivity index is 1.32. The third-order valence-corrected chi connectivity index (χ3v) is 5.00. The molecule has 3 atom stereocenters. The number of nitrogens with one attached hydrogen (secondary N) is 1. The fourth-order valence-corrected chi connectivity index (χ4v) is 3.71. The van der Waals surface area contributed by atoms with Gasteiger partial charge >= 0.3 is 0 Å². The molecule has 4 heterocycles. The zero-order valence-corrected chi connectivity index (χ0v) is 13.4. The van der Waals surface area contributed by atoms with E-state index in [1.54, 1.807) is 18.6 Å². The zero-order valence-electron chi connectivity index (χ0n) is 13.4. The zero-order chi connectivity index (χ0) is 16.4. The lowest BCUT2D eigenvalue weighted by Crippen LogP contribution is -2.45. The highest BCUT2D eigenvalue weighted by Gasteiger charge is 2.40. The lowest BCUT2D eigenvalue weighted by molar-refractivity contribution is 0.0664. The molecule has 2 aromatic heterocycles. The maximum absolute atomic E-state index is 12.0. The van der Waals surface area contributed by atoms with E-state index in [2.05, 4.69) is 15.4 Å². The first-order chi connectivity index (χ1) is 11.8. The van der Waals surface area contributed by atoms with Crippen molar-refractivity contribution < 1.29 is 18.5 Å². The highest BCUT2D eigenvalue weighted by molar-refractivity contribution is 5.91. The Hall–Kier alpha value is -2.12. The standard InChI is InChI=1S/C17H21N3O4/c21-17(15-1-4-19-24-15)18-7-16-14-9-20(5-2-13(14)11-23-16)8-12-3-6-22-10-12/h1,3-4,6,10,13-14,16H,2,5,7-9,11H2,(H,18,21)/t13-,14-,16+/m1/s1. The number of nitrogens with zero attached hydrogens (tertiary/aromatic N) is 2. The van der Waals surface area contributed by atoms with Crippen molar-refractivity contribution in [1.82, 2.24) is 15.4 Å². The highest BCUT2D eigenvalue weighted by Crippen LogP contribution is 2.34. The number of fused-ring (bicyclic) bond motifs is 1. The predicted octanol–water partition coefficient (Wildman–Crippen LogP) is 1.53. The number of likely N-dealkylation sites (tertiary alicyclic amines) is 1. The van der Waals surface area contributed by atoms with Crippen molar-refractivity contribution in [2.45, 2.75) is 19.1 Å². The molecule has 1 amide bonds. The third-order valence-electron chi connectivity index (χ3n) is 5.00. The van der Waals surface area contributed by atoms with E-state index in [-0.39, 0.29) is 17.8 Å². The molecule has 7 nitrogen and oxygen atoms in total. The fourth-order valence-electron chi connectivity index (χ4n) is 3.71. The second-order valence-electron chi connectivity index (χ2n) is 6.54. The van der Waals surface area contributed by atoms with Crippen LogP contribution in [0.5, 0.6) is 0 Å². The summed E-state index contributed by atoms with van der Waals surface area (Å²) in [4.78, 5) is 14.4. The molecule has 2 saturated heterocycles. The van der Waals surface area contributed by atoms with E-state index in [1.165, 1.54) is 11.8 Å². The number of rotatable bonds is 5. The molecule has 24 heavy (non-hydrogen) atoms. The number of carbonyl (C=O) groups is 1. The number of amides is 1. The number of piperidine rings is 1. The van der Waals surface area contributed by atoms with E-state index in [9.17, 15) is 4.79 Å². The molecule has 0 unspecified atom stereocenters.